The monoisotopic (exact) mass is 1760 g/mol. The van der Waals surface area contributed by atoms with Gasteiger partial charge in [0.2, 0.25) is 41.4 Å². The Kier molecular flexibility index (Phi) is 41.3. The number of hydrogen-bond donors (Lipinski definition) is 18. The number of ether oxygens (including phenoxy) is 1. The molecule has 5 unspecified atom stereocenters. The molecule has 3 aromatic carbocycles. The molecule has 646 valence electrons. The maximum atomic E-state index is 14.6. The van der Waals surface area contributed by atoms with Gasteiger partial charge in [0.1, 0.15) is 54.3 Å². The number of carbonyl (C=O) groups excluding carboxylic acids is 9. The standard InChI is InChI=1S/C78H112IN13O25/c1-47(94)83-69-71(108)70(107)61(46-93)117-75(69)88-63(97)40-59(85-62(96)14-8-9-48-18-23-55(79)24-19-48)74(111)81-28-6-4-12-56(84-64(98)42-89-29-31-90(43-66(101)102)33-35-92(45-68(105)106)36-34-91(32-30-89)44-67(103)104)73(110)82-41-49-15-21-52(22-16-49)60(95)39-54(38-50-17-20-51-10-2-3-11-53(51)37-50)72(109)80-27-7-5-13-57(76(112)113)86-78(116)87-58(77(114)115)25-26-65(99)100/h2-3,10-11,17-20,23-24,37,49,52,54,56-59,61,69-71,75,93,107-108H,4-9,12-16,21-22,25-36,38-46H2,1H3,(H,80,109)(H,81,111)(H,82,110)(H,83,94)(H,84,98)(H,85,96)(H,88,97)(H,99,100)(H,101,102)(H,103,104)(H,105,106)(H,112,113)(H,114,115)(H2,86,87,116)/t49?,52?,54?,56?,57?,58?,59?,61-,69-,70-,71-,75+/m1/s1. The second-order valence-electron chi connectivity index (χ2n) is 29.9. The van der Waals surface area contributed by atoms with E-state index in [2.05, 4.69) is 70.4 Å². The number of hydrogen-bond acceptors (Lipinski definition) is 23. The van der Waals surface area contributed by atoms with Gasteiger partial charge < -0.3 is 98.5 Å². The van der Waals surface area contributed by atoms with Gasteiger partial charge in [-0.05, 0) is 152 Å². The largest absolute Gasteiger partial charge is 0.481 e. The number of carboxylic acid groups (broad SMARTS) is 6. The molecular weight excluding hydrogens is 1650 g/mol. The minimum atomic E-state index is -1.72. The number of halogens is 1. The molecule has 39 heteroatoms. The third-order valence-corrected chi connectivity index (χ3v) is 21.4. The number of unbranched alkanes of at least 4 members (excludes halogenated alkanes) is 2. The Balaban J connectivity index is 1.13. The Labute approximate surface area is 690 Å². The molecule has 117 heavy (non-hydrogen) atoms. The highest BCUT2D eigenvalue weighted by atomic mass is 127. The molecule has 1 aliphatic carbocycles. The van der Waals surface area contributed by atoms with Gasteiger partial charge in [-0.15, -0.1) is 0 Å². The number of nitrogens with zero attached hydrogens (tertiary/aromatic N) is 4. The van der Waals surface area contributed by atoms with Crippen molar-refractivity contribution in [2.24, 2.45) is 17.8 Å². The van der Waals surface area contributed by atoms with Crippen LogP contribution in [0, 0.1) is 21.3 Å². The van der Waals surface area contributed by atoms with Crippen molar-refractivity contribution in [3.8, 4) is 0 Å². The molecule has 1 saturated carbocycles. The zero-order valence-electron chi connectivity index (χ0n) is 65.5. The molecule has 0 aromatic heterocycles. The van der Waals surface area contributed by atoms with Crippen LogP contribution in [0.4, 0.5) is 4.79 Å². The van der Waals surface area contributed by atoms with Gasteiger partial charge in [0, 0.05) is 114 Å². The number of carbonyl (C=O) groups is 15. The molecule has 18 N–H and O–H groups in total. The highest BCUT2D eigenvalue weighted by Gasteiger charge is 2.46. The van der Waals surface area contributed by atoms with Crippen molar-refractivity contribution < 1.29 is 123 Å². The van der Waals surface area contributed by atoms with E-state index in [1.54, 1.807) is 19.6 Å². The van der Waals surface area contributed by atoms with E-state index in [0.717, 1.165) is 32.4 Å². The van der Waals surface area contributed by atoms with E-state index in [1.807, 2.05) is 66.7 Å². The first-order valence-electron chi connectivity index (χ1n) is 39.4. The number of carboxylic acids is 6. The van der Waals surface area contributed by atoms with Crippen molar-refractivity contribution in [1.29, 1.82) is 0 Å². The average molecular weight is 1760 g/mol. The first kappa shape index (κ1) is 96.2. The van der Waals surface area contributed by atoms with Gasteiger partial charge in [-0.1, -0.05) is 54.6 Å². The molecule has 2 saturated heterocycles. The summed E-state index contributed by atoms with van der Waals surface area (Å²) in [7, 11) is 0. The topological polar surface area (TPSA) is 569 Å². The maximum absolute atomic E-state index is 14.6. The highest BCUT2D eigenvalue weighted by Crippen LogP contribution is 2.32. The first-order valence-corrected chi connectivity index (χ1v) is 40.4. The number of amides is 9. The number of urea groups is 1. The molecule has 6 rings (SSSR count). The third kappa shape index (κ3) is 35.6. The van der Waals surface area contributed by atoms with Crippen LogP contribution in [0.15, 0.2) is 66.7 Å². The number of Topliss-reactive ketones (excluding diaryl/α,β-unsaturated/α-hetero) is 1. The zero-order valence-corrected chi connectivity index (χ0v) is 67.7. The SMILES string of the molecule is CC(=O)N[C@@H]1[C@@H](O)[C@H](O)[C@@H](CO)O[C@@H]1NC(=O)CC(NC(=O)CCCc1ccc(I)cc1)C(=O)NCCCCC(NC(=O)CN1CCN(CC(=O)O)CCN(CC(=O)O)CCN(CC(=O)O)CC1)C(=O)NCC1CCC(C(=O)CC(Cc2ccc3ccccc3c2)C(=O)NCCCCC(NC(=O)NC(CCC(=O)O)C(=O)O)C(=O)O)CC1. The fourth-order valence-electron chi connectivity index (χ4n) is 14.3. The second-order valence-corrected chi connectivity index (χ2v) is 31.1. The van der Waals surface area contributed by atoms with Crippen LogP contribution in [0.5, 0.6) is 0 Å². The molecule has 0 spiro atoms. The van der Waals surface area contributed by atoms with Crippen molar-refractivity contribution >= 4 is 122 Å². The van der Waals surface area contributed by atoms with Crippen LogP contribution in [0.2, 0.25) is 0 Å². The van der Waals surface area contributed by atoms with E-state index in [1.165, 1.54) is 0 Å². The Bertz CT molecular complexity index is 3820. The van der Waals surface area contributed by atoms with E-state index in [0.29, 0.717) is 38.5 Å². The van der Waals surface area contributed by atoms with E-state index in [-0.39, 0.29) is 155 Å². The number of aliphatic hydroxyl groups excluding tert-OH is 3. The molecule has 3 fully saturated rings. The third-order valence-electron chi connectivity index (χ3n) is 20.7. The van der Waals surface area contributed by atoms with Crippen LogP contribution >= 0.6 is 22.6 Å². The summed E-state index contributed by atoms with van der Waals surface area (Å²) in [6, 6.07) is 12.7. The lowest BCUT2D eigenvalue weighted by Crippen LogP contribution is -2.68. The molecule has 0 radical (unpaired) electrons. The number of aliphatic hydroxyl groups is 3. The maximum Gasteiger partial charge on any atom is 0.326 e. The van der Waals surface area contributed by atoms with Gasteiger partial charge in [-0.2, -0.15) is 0 Å². The molecule has 2 heterocycles. The lowest BCUT2D eigenvalue weighted by atomic mass is 9.77. The smallest absolute Gasteiger partial charge is 0.326 e. The minimum Gasteiger partial charge on any atom is -0.481 e. The lowest BCUT2D eigenvalue weighted by Gasteiger charge is -2.42. The van der Waals surface area contributed by atoms with E-state index in [4.69, 9.17) is 9.84 Å². The highest BCUT2D eigenvalue weighted by molar-refractivity contribution is 14.1. The normalized spacial score (nSPS) is 20.5. The number of fused-ring (bicyclic) bond motifs is 1. The zero-order chi connectivity index (χ0) is 85.7. The van der Waals surface area contributed by atoms with Crippen molar-refractivity contribution in [1.82, 2.24) is 67.5 Å². The van der Waals surface area contributed by atoms with Crippen LogP contribution in [-0.2, 0) is 84.7 Å². The fraction of sp³-hybridized carbons (Fsp3) is 0.603. The summed E-state index contributed by atoms with van der Waals surface area (Å²) in [5, 5.41) is 114. The Morgan fingerprint density at radius 1 is 0.496 bits per heavy atom. The van der Waals surface area contributed by atoms with Gasteiger partial charge in [-0.3, -0.25) is 77.1 Å². The Morgan fingerprint density at radius 2 is 1.01 bits per heavy atom. The van der Waals surface area contributed by atoms with E-state index >= 15 is 0 Å². The van der Waals surface area contributed by atoms with Crippen LogP contribution in [0.25, 0.3) is 10.8 Å². The van der Waals surface area contributed by atoms with Crippen LogP contribution in [-0.4, -0.2) is 314 Å². The van der Waals surface area contributed by atoms with E-state index < -0.39 is 189 Å². The number of aliphatic carboxylic acids is 6. The van der Waals surface area contributed by atoms with Crippen molar-refractivity contribution in [3.05, 3.63) is 81.4 Å². The molecule has 2 aliphatic heterocycles. The molecule has 38 nitrogen and oxygen atoms in total. The summed E-state index contributed by atoms with van der Waals surface area (Å²) < 4.78 is 6.68. The summed E-state index contributed by atoms with van der Waals surface area (Å²) in [6.07, 6.45) is -4.67. The van der Waals surface area contributed by atoms with Gasteiger partial charge in [0.15, 0.2) is 6.23 Å². The summed E-state index contributed by atoms with van der Waals surface area (Å²) in [4.78, 5) is 201. The summed E-state index contributed by atoms with van der Waals surface area (Å²) >= 11 is 2.17. The Hall–Kier alpha value is -9.62. The first-order chi connectivity index (χ1) is 55.7. The van der Waals surface area contributed by atoms with Crippen LogP contribution < -0.4 is 47.9 Å². The predicted molar refractivity (Wildman–Crippen MR) is 427 cm³/mol. The van der Waals surface area contributed by atoms with Gasteiger partial charge in [-0.25, -0.2) is 14.4 Å². The van der Waals surface area contributed by atoms with Crippen LogP contribution in [0.1, 0.15) is 121 Å². The number of benzene rings is 3. The summed E-state index contributed by atoms with van der Waals surface area (Å²) in [5.41, 5.74) is 1.75. The van der Waals surface area contributed by atoms with Crippen molar-refractivity contribution in [2.75, 3.05) is 105 Å². The number of rotatable bonds is 46. The molecule has 0 bridgehead atoms. The van der Waals surface area contributed by atoms with Crippen molar-refractivity contribution in [3.63, 3.8) is 0 Å². The molecule has 9 amide bonds. The van der Waals surface area contributed by atoms with Crippen LogP contribution in [0.3, 0.4) is 0 Å². The van der Waals surface area contributed by atoms with Gasteiger partial charge in [0.25, 0.3) is 0 Å². The molecule has 3 aliphatic rings. The van der Waals surface area contributed by atoms with Gasteiger partial charge >= 0.3 is 41.8 Å². The Morgan fingerprint density at radius 3 is 1.55 bits per heavy atom. The lowest BCUT2D eigenvalue weighted by molar-refractivity contribution is -0.203. The number of aryl methyl sites for hydroxylation is 1. The quantitative estimate of drug-likeness (QED) is 0.0239. The van der Waals surface area contributed by atoms with E-state index in [9.17, 15) is 113 Å². The molecule has 3 aromatic rings. The number of ketones is 1. The fourth-order valence-corrected chi connectivity index (χ4v) is 14.6. The minimum absolute atomic E-state index is 0.00972. The second kappa shape index (κ2) is 50.2. The summed E-state index contributed by atoms with van der Waals surface area (Å²) in [5.74, 6) is -13.8. The number of nitrogens with one attached hydrogen (secondary N) is 9. The summed E-state index contributed by atoms with van der Waals surface area (Å²) in [6.45, 7) is -0.233. The van der Waals surface area contributed by atoms with Crippen molar-refractivity contribution in [2.45, 2.75) is 177 Å². The average Bonchev–Trinajstić information content (AvgIpc) is 0.808. The molecule has 10 atom stereocenters. The predicted octanol–water partition coefficient (Wildman–Crippen LogP) is -0.954. The van der Waals surface area contributed by atoms with Gasteiger partial charge in [0.05, 0.1) is 39.2 Å². The molecular formula is C78H112IN13O25.